The van der Waals surface area contributed by atoms with Crippen molar-refractivity contribution >= 4 is 30.0 Å². The van der Waals surface area contributed by atoms with Crippen molar-refractivity contribution in [2.45, 2.75) is 118 Å². The van der Waals surface area contributed by atoms with Gasteiger partial charge in [-0.25, -0.2) is 14.6 Å². The molecule has 59 heavy (non-hydrogen) atoms. The second-order valence-corrected chi connectivity index (χ2v) is 15.5. The number of nitrogens with one attached hydrogen (secondary N) is 4. The van der Waals surface area contributed by atoms with Crippen molar-refractivity contribution in [3.63, 3.8) is 0 Å². The highest BCUT2D eigenvalue weighted by Gasteiger charge is 2.49. The first kappa shape index (κ1) is 47.9. The van der Waals surface area contributed by atoms with Crippen molar-refractivity contribution in [3.05, 3.63) is 108 Å². The van der Waals surface area contributed by atoms with Crippen LogP contribution in [0, 0.1) is 17.8 Å². The Morgan fingerprint density at radius 3 is 1.73 bits per heavy atom. The SMILES string of the molecule is CCCC(=O)O[C@@](NC(=O)OCc1ccccc1)(C(=O)N[C@@H](CCc1ccccc1)CN(CC(C)C)NC(=O)[C@@H](NC(=O)OCc1ccccc1)[C@@H](C)CC)[C@@H](C)CC. The number of carbonyl (C=O) groups is 5. The summed E-state index contributed by atoms with van der Waals surface area (Å²) in [5.41, 5.74) is 3.51. The minimum atomic E-state index is -2.11. The van der Waals surface area contributed by atoms with Gasteiger partial charge in [-0.15, -0.1) is 0 Å². The van der Waals surface area contributed by atoms with Crippen LogP contribution in [-0.2, 0) is 48.2 Å². The van der Waals surface area contributed by atoms with E-state index in [2.05, 4.69) is 21.4 Å². The number of aryl methyl sites for hydroxylation is 1. The summed E-state index contributed by atoms with van der Waals surface area (Å²) in [6, 6.07) is 26.6. The van der Waals surface area contributed by atoms with E-state index in [1.165, 1.54) is 0 Å². The molecule has 0 aromatic heterocycles. The van der Waals surface area contributed by atoms with Gasteiger partial charge in [-0.1, -0.05) is 146 Å². The molecule has 0 saturated carbocycles. The number of benzene rings is 3. The zero-order chi connectivity index (χ0) is 43.2. The Hall–Kier alpha value is -5.43. The molecule has 13 nitrogen and oxygen atoms in total. The third-order valence-electron chi connectivity index (χ3n) is 10.1. The fourth-order valence-electron chi connectivity index (χ4n) is 6.39. The molecule has 0 aliphatic carbocycles. The van der Waals surface area contributed by atoms with Crippen LogP contribution in [0.5, 0.6) is 0 Å². The average Bonchev–Trinajstić information content (AvgIpc) is 3.23. The standard InChI is InChI=1S/C46H65N5O8/c1-8-20-40(52)59-46(35(7)10-3,49-45(56)58-32-38-25-18-13-19-26-38)43(54)47-39(28-27-36-21-14-11-15-22-36)30-51(29-33(4)5)50-42(53)41(34(6)9-2)48-44(55)57-31-37-23-16-12-17-24-37/h11-19,21-26,33-35,39,41H,8-10,20,27-32H2,1-7H3,(H,47,54)(H,48,55)(H,49,56)(H,50,53)/t34-,35-,39-,41-,46+/m0/s1. The van der Waals surface area contributed by atoms with E-state index in [-0.39, 0.29) is 38.0 Å². The number of esters is 1. The Kier molecular flexibility index (Phi) is 20.4. The van der Waals surface area contributed by atoms with Crippen LogP contribution in [0.15, 0.2) is 91.0 Å². The highest BCUT2D eigenvalue weighted by molar-refractivity contribution is 5.91. The monoisotopic (exact) mass is 815 g/mol. The van der Waals surface area contributed by atoms with Gasteiger partial charge in [0, 0.05) is 31.5 Å². The van der Waals surface area contributed by atoms with Crippen LogP contribution in [0.25, 0.3) is 0 Å². The molecular formula is C46H65N5O8. The van der Waals surface area contributed by atoms with Gasteiger partial charge in [-0.2, -0.15) is 0 Å². The molecule has 322 valence electrons. The van der Waals surface area contributed by atoms with Crippen molar-refractivity contribution in [3.8, 4) is 0 Å². The summed E-state index contributed by atoms with van der Waals surface area (Å²) in [5.74, 6) is -2.63. The van der Waals surface area contributed by atoms with Crippen molar-refractivity contribution in [1.82, 2.24) is 26.4 Å². The Bertz CT molecular complexity index is 1730. The topological polar surface area (TPSA) is 164 Å². The van der Waals surface area contributed by atoms with Gasteiger partial charge in [-0.3, -0.25) is 25.1 Å². The lowest BCUT2D eigenvalue weighted by Crippen LogP contribution is -2.67. The number of nitrogens with zero attached hydrogens (tertiary/aromatic N) is 1. The highest BCUT2D eigenvalue weighted by atomic mass is 16.6. The summed E-state index contributed by atoms with van der Waals surface area (Å²) in [5, 5.41) is 10.3. The summed E-state index contributed by atoms with van der Waals surface area (Å²) in [4.78, 5) is 68.4. The molecule has 0 radical (unpaired) electrons. The molecule has 0 unspecified atom stereocenters. The molecule has 0 bridgehead atoms. The van der Waals surface area contributed by atoms with Crippen LogP contribution >= 0.6 is 0 Å². The third kappa shape index (κ3) is 16.4. The lowest BCUT2D eigenvalue weighted by atomic mass is 9.92. The van der Waals surface area contributed by atoms with Crippen molar-refractivity contribution in [1.29, 1.82) is 0 Å². The summed E-state index contributed by atoms with van der Waals surface area (Å²) in [6.07, 6.45) is 0.828. The Morgan fingerprint density at radius 2 is 1.22 bits per heavy atom. The third-order valence-corrected chi connectivity index (χ3v) is 10.1. The summed E-state index contributed by atoms with van der Waals surface area (Å²) >= 11 is 0. The second kappa shape index (κ2) is 25.1. The maximum atomic E-state index is 14.8. The summed E-state index contributed by atoms with van der Waals surface area (Å²) < 4.78 is 17.0. The van der Waals surface area contributed by atoms with E-state index in [1.807, 2.05) is 120 Å². The minimum absolute atomic E-state index is 0.0308. The van der Waals surface area contributed by atoms with E-state index < -0.39 is 53.7 Å². The van der Waals surface area contributed by atoms with Gasteiger partial charge in [0.15, 0.2) is 0 Å². The maximum Gasteiger partial charge on any atom is 0.410 e. The second-order valence-electron chi connectivity index (χ2n) is 15.5. The van der Waals surface area contributed by atoms with Crippen LogP contribution in [0.2, 0.25) is 0 Å². The number of rotatable bonds is 24. The van der Waals surface area contributed by atoms with Crippen LogP contribution in [0.4, 0.5) is 9.59 Å². The maximum absolute atomic E-state index is 14.8. The molecule has 5 atom stereocenters. The van der Waals surface area contributed by atoms with Gasteiger partial charge < -0.3 is 24.8 Å². The molecule has 3 aromatic rings. The molecule has 0 heterocycles. The fraction of sp³-hybridized carbons (Fsp3) is 0.500. The number of hydrogen-bond donors (Lipinski definition) is 4. The molecule has 3 aromatic carbocycles. The van der Waals surface area contributed by atoms with Gasteiger partial charge in [0.25, 0.3) is 17.5 Å². The zero-order valence-corrected chi connectivity index (χ0v) is 35.8. The van der Waals surface area contributed by atoms with E-state index in [0.29, 0.717) is 38.6 Å². The number of hydrazine groups is 1. The van der Waals surface area contributed by atoms with Crippen molar-refractivity contribution in [2.24, 2.45) is 17.8 Å². The number of carbonyl (C=O) groups excluding carboxylic acids is 5. The minimum Gasteiger partial charge on any atom is -0.445 e. The number of alkyl carbamates (subject to hydrolysis) is 2. The van der Waals surface area contributed by atoms with Crippen LogP contribution in [0.3, 0.4) is 0 Å². The molecule has 0 fully saturated rings. The predicted octanol–water partition coefficient (Wildman–Crippen LogP) is 7.45. The molecule has 4 amide bonds. The van der Waals surface area contributed by atoms with Gasteiger partial charge in [-0.05, 0) is 54.2 Å². The number of ether oxygens (including phenoxy) is 3. The smallest absolute Gasteiger partial charge is 0.410 e. The van der Waals surface area contributed by atoms with Crippen LogP contribution in [-0.4, -0.2) is 65.9 Å². The first-order valence-corrected chi connectivity index (χ1v) is 20.9. The zero-order valence-electron chi connectivity index (χ0n) is 35.8. The Labute approximate surface area is 350 Å². The molecule has 4 N–H and O–H groups in total. The molecule has 0 spiro atoms. The van der Waals surface area contributed by atoms with E-state index in [9.17, 15) is 24.0 Å². The molecular weight excluding hydrogens is 751 g/mol. The van der Waals surface area contributed by atoms with Crippen molar-refractivity contribution < 1.29 is 38.2 Å². The van der Waals surface area contributed by atoms with Gasteiger partial charge in [0.05, 0.1) is 0 Å². The molecule has 0 saturated heterocycles. The van der Waals surface area contributed by atoms with E-state index in [0.717, 1.165) is 16.7 Å². The summed E-state index contributed by atoms with van der Waals surface area (Å²) in [6.45, 7) is 13.8. The molecule has 0 aliphatic heterocycles. The Balaban J connectivity index is 1.92. The lowest BCUT2D eigenvalue weighted by molar-refractivity contribution is -0.179. The number of hydrogen-bond acceptors (Lipinski definition) is 9. The first-order valence-electron chi connectivity index (χ1n) is 20.9. The quantitative estimate of drug-likeness (QED) is 0.0311. The molecule has 13 heteroatoms. The van der Waals surface area contributed by atoms with Crippen LogP contribution < -0.4 is 21.4 Å². The first-order chi connectivity index (χ1) is 28.3. The molecule has 3 rings (SSSR count). The molecule has 0 aliphatic rings. The van der Waals surface area contributed by atoms with Gasteiger partial charge >= 0.3 is 18.2 Å². The largest absolute Gasteiger partial charge is 0.445 e. The normalized spacial score (nSPS) is 14.2. The lowest BCUT2D eigenvalue weighted by Gasteiger charge is -2.39. The fourth-order valence-corrected chi connectivity index (χ4v) is 6.39. The van der Waals surface area contributed by atoms with E-state index in [1.54, 1.807) is 24.1 Å². The summed E-state index contributed by atoms with van der Waals surface area (Å²) in [7, 11) is 0. The predicted molar refractivity (Wildman–Crippen MR) is 227 cm³/mol. The van der Waals surface area contributed by atoms with Crippen molar-refractivity contribution in [2.75, 3.05) is 13.1 Å². The van der Waals surface area contributed by atoms with Crippen LogP contribution in [0.1, 0.15) is 97.3 Å². The Morgan fingerprint density at radius 1 is 0.678 bits per heavy atom. The highest BCUT2D eigenvalue weighted by Crippen LogP contribution is 2.26. The van der Waals surface area contributed by atoms with Gasteiger partial charge in [0.1, 0.15) is 19.3 Å². The van der Waals surface area contributed by atoms with E-state index >= 15 is 0 Å². The average molecular weight is 816 g/mol. The van der Waals surface area contributed by atoms with E-state index in [4.69, 9.17) is 14.2 Å². The van der Waals surface area contributed by atoms with Gasteiger partial charge in [0.2, 0.25) is 0 Å². The number of amides is 4.